The number of nitrogens with one attached hydrogen (secondary N) is 1. The number of hydrogen-bond donors (Lipinski definition) is 1. The van der Waals surface area contributed by atoms with Gasteiger partial charge in [0.05, 0.1) is 29.7 Å². The van der Waals surface area contributed by atoms with Crippen molar-refractivity contribution in [2.45, 2.75) is 0 Å². The molecule has 118 valence electrons. The van der Waals surface area contributed by atoms with E-state index in [1.54, 1.807) is 12.1 Å². The van der Waals surface area contributed by atoms with Crippen molar-refractivity contribution in [3.8, 4) is 0 Å². The normalized spacial score (nSPS) is 15.0. The second-order valence-electron chi connectivity index (χ2n) is 5.20. The molecule has 0 radical (unpaired) electrons. The molecule has 0 bridgehead atoms. The van der Waals surface area contributed by atoms with Crippen LogP contribution in [0.1, 0.15) is 10.6 Å². The quantitative estimate of drug-likeness (QED) is 0.800. The number of fused-ring (bicyclic) bond motifs is 1. The molecular formula is C16H15N3O3S. The summed E-state index contributed by atoms with van der Waals surface area (Å²) in [5, 5.41) is 3.34. The maximum absolute atomic E-state index is 12.0. The van der Waals surface area contributed by atoms with Gasteiger partial charge in [-0.3, -0.25) is 10.1 Å². The van der Waals surface area contributed by atoms with E-state index in [1.165, 1.54) is 17.6 Å². The van der Waals surface area contributed by atoms with Gasteiger partial charge in [-0.05, 0) is 30.3 Å². The number of thiazole rings is 1. The molecule has 1 amide bonds. The number of aromatic nitrogens is 1. The highest BCUT2D eigenvalue weighted by Crippen LogP contribution is 2.30. The molecule has 4 rings (SSSR count). The molecule has 1 aliphatic rings. The molecule has 1 N–H and O–H groups in total. The molecule has 7 heteroatoms. The van der Waals surface area contributed by atoms with Crippen molar-refractivity contribution in [2.75, 3.05) is 36.5 Å². The summed E-state index contributed by atoms with van der Waals surface area (Å²) in [6, 6.07) is 9.46. The van der Waals surface area contributed by atoms with Crippen LogP contribution in [0.4, 0.5) is 10.8 Å². The Labute approximate surface area is 136 Å². The van der Waals surface area contributed by atoms with Gasteiger partial charge in [-0.1, -0.05) is 11.3 Å². The SMILES string of the molecule is O=C(Nc1nc2ccc(N3CCOCC3)cc2s1)c1ccco1. The van der Waals surface area contributed by atoms with E-state index in [2.05, 4.69) is 27.3 Å². The zero-order valence-electron chi connectivity index (χ0n) is 12.3. The summed E-state index contributed by atoms with van der Waals surface area (Å²) in [6.45, 7) is 3.30. The first kappa shape index (κ1) is 14.2. The number of ether oxygens (including phenoxy) is 1. The molecule has 0 unspecified atom stereocenters. The number of benzene rings is 1. The van der Waals surface area contributed by atoms with E-state index in [1.807, 2.05) is 6.07 Å². The van der Waals surface area contributed by atoms with Crippen LogP contribution in [-0.2, 0) is 4.74 Å². The van der Waals surface area contributed by atoms with Gasteiger partial charge in [0.15, 0.2) is 10.9 Å². The Kier molecular flexibility index (Phi) is 3.72. The summed E-state index contributed by atoms with van der Waals surface area (Å²) in [5.74, 6) is -0.0132. The molecule has 1 aliphatic heterocycles. The van der Waals surface area contributed by atoms with Crippen LogP contribution >= 0.6 is 11.3 Å². The molecular weight excluding hydrogens is 314 g/mol. The third-order valence-electron chi connectivity index (χ3n) is 3.71. The maximum Gasteiger partial charge on any atom is 0.293 e. The number of hydrogen-bond acceptors (Lipinski definition) is 6. The minimum Gasteiger partial charge on any atom is -0.459 e. The highest BCUT2D eigenvalue weighted by molar-refractivity contribution is 7.22. The van der Waals surface area contributed by atoms with Gasteiger partial charge in [0.25, 0.3) is 5.91 Å². The number of furan rings is 1. The number of carbonyl (C=O) groups is 1. The first-order valence-electron chi connectivity index (χ1n) is 7.38. The number of anilines is 2. The Balaban J connectivity index is 1.56. The lowest BCUT2D eigenvalue weighted by atomic mass is 10.2. The van der Waals surface area contributed by atoms with Crippen LogP contribution < -0.4 is 10.2 Å². The van der Waals surface area contributed by atoms with Crippen LogP contribution in [0.5, 0.6) is 0 Å². The van der Waals surface area contributed by atoms with E-state index in [9.17, 15) is 4.79 Å². The first-order valence-corrected chi connectivity index (χ1v) is 8.19. The average Bonchev–Trinajstić information content (AvgIpc) is 3.24. The first-order chi connectivity index (χ1) is 11.3. The number of carbonyl (C=O) groups excluding carboxylic acids is 1. The van der Waals surface area contributed by atoms with Crippen LogP contribution in [0, 0.1) is 0 Å². The Bertz CT molecular complexity index is 822. The Hall–Kier alpha value is -2.38. The van der Waals surface area contributed by atoms with Gasteiger partial charge in [-0.25, -0.2) is 4.98 Å². The van der Waals surface area contributed by atoms with E-state index < -0.39 is 0 Å². The van der Waals surface area contributed by atoms with Gasteiger partial charge in [0.1, 0.15) is 0 Å². The third kappa shape index (κ3) is 2.93. The molecule has 1 fully saturated rings. The second kappa shape index (κ2) is 6.02. The van der Waals surface area contributed by atoms with Gasteiger partial charge < -0.3 is 14.1 Å². The smallest absolute Gasteiger partial charge is 0.293 e. The highest BCUT2D eigenvalue weighted by Gasteiger charge is 2.15. The number of nitrogens with zero attached hydrogens (tertiary/aromatic N) is 2. The fourth-order valence-electron chi connectivity index (χ4n) is 2.55. The van der Waals surface area contributed by atoms with Gasteiger partial charge in [-0.2, -0.15) is 0 Å². The molecule has 23 heavy (non-hydrogen) atoms. The largest absolute Gasteiger partial charge is 0.459 e. The minimum atomic E-state index is -0.289. The van der Waals surface area contributed by atoms with Gasteiger partial charge >= 0.3 is 0 Å². The van der Waals surface area contributed by atoms with E-state index >= 15 is 0 Å². The lowest BCUT2D eigenvalue weighted by Crippen LogP contribution is -2.36. The molecule has 6 nitrogen and oxygen atoms in total. The minimum absolute atomic E-state index is 0.276. The summed E-state index contributed by atoms with van der Waals surface area (Å²) < 4.78 is 11.5. The Morgan fingerprint density at radius 3 is 2.91 bits per heavy atom. The summed E-state index contributed by atoms with van der Waals surface area (Å²) in [4.78, 5) is 18.8. The van der Waals surface area contributed by atoms with Crippen molar-refractivity contribution in [1.82, 2.24) is 4.98 Å². The van der Waals surface area contributed by atoms with Crippen molar-refractivity contribution in [3.63, 3.8) is 0 Å². The topological polar surface area (TPSA) is 67.6 Å². The standard InChI is InChI=1S/C16H15N3O3S/c20-15(13-2-1-7-22-13)18-16-17-12-4-3-11(10-14(12)23-16)19-5-8-21-9-6-19/h1-4,7,10H,5-6,8-9H2,(H,17,18,20). The molecule has 0 atom stereocenters. The van der Waals surface area contributed by atoms with E-state index in [4.69, 9.17) is 9.15 Å². The van der Waals surface area contributed by atoms with Crippen molar-refractivity contribution in [1.29, 1.82) is 0 Å². The van der Waals surface area contributed by atoms with Crippen LogP contribution in [0.15, 0.2) is 41.0 Å². The van der Waals surface area contributed by atoms with Crippen molar-refractivity contribution in [3.05, 3.63) is 42.4 Å². The van der Waals surface area contributed by atoms with Crippen molar-refractivity contribution in [2.24, 2.45) is 0 Å². The fourth-order valence-corrected chi connectivity index (χ4v) is 3.45. The Morgan fingerprint density at radius 2 is 2.13 bits per heavy atom. The Morgan fingerprint density at radius 1 is 1.26 bits per heavy atom. The average molecular weight is 329 g/mol. The lowest BCUT2D eigenvalue weighted by Gasteiger charge is -2.28. The van der Waals surface area contributed by atoms with Crippen molar-refractivity contribution < 1.29 is 13.9 Å². The molecule has 2 aromatic heterocycles. The van der Waals surface area contributed by atoms with Crippen LogP contribution in [-0.4, -0.2) is 37.2 Å². The van der Waals surface area contributed by atoms with E-state index in [0.717, 1.165) is 42.2 Å². The second-order valence-corrected chi connectivity index (χ2v) is 6.23. The zero-order chi connectivity index (χ0) is 15.6. The van der Waals surface area contributed by atoms with Crippen LogP contribution in [0.2, 0.25) is 0 Å². The lowest BCUT2D eigenvalue weighted by molar-refractivity contribution is 0.0996. The van der Waals surface area contributed by atoms with Gasteiger partial charge in [0.2, 0.25) is 0 Å². The molecule has 0 spiro atoms. The summed E-state index contributed by atoms with van der Waals surface area (Å²) >= 11 is 1.46. The predicted octanol–water partition coefficient (Wildman–Crippen LogP) is 2.98. The van der Waals surface area contributed by atoms with Gasteiger partial charge in [0, 0.05) is 18.8 Å². The highest BCUT2D eigenvalue weighted by atomic mass is 32.1. The van der Waals surface area contributed by atoms with Crippen LogP contribution in [0.25, 0.3) is 10.2 Å². The van der Waals surface area contributed by atoms with Crippen LogP contribution in [0.3, 0.4) is 0 Å². The predicted molar refractivity (Wildman–Crippen MR) is 89.3 cm³/mol. The number of amides is 1. The molecule has 0 saturated carbocycles. The number of morpholine rings is 1. The fraction of sp³-hybridized carbons (Fsp3) is 0.250. The van der Waals surface area contributed by atoms with E-state index in [-0.39, 0.29) is 11.7 Å². The maximum atomic E-state index is 12.0. The van der Waals surface area contributed by atoms with Gasteiger partial charge in [-0.15, -0.1) is 0 Å². The number of rotatable bonds is 3. The third-order valence-corrected chi connectivity index (χ3v) is 4.65. The summed E-state index contributed by atoms with van der Waals surface area (Å²) in [6.07, 6.45) is 1.47. The molecule has 3 aromatic rings. The molecule has 0 aliphatic carbocycles. The summed E-state index contributed by atoms with van der Waals surface area (Å²) in [7, 11) is 0. The molecule has 1 aromatic carbocycles. The zero-order valence-corrected chi connectivity index (χ0v) is 13.1. The summed E-state index contributed by atoms with van der Waals surface area (Å²) in [5.41, 5.74) is 2.04. The monoisotopic (exact) mass is 329 g/mol. The van der Waals surface area contributed by atoms with E-state index in [0.29, 0.717) is 5.13 Å². The molecule has 3 heterocycles. The molecule has 1 saturated heterocycles. The van der Waals surface area contributed by atoms with Crippen molar-refractivity contribution >= 4 is 38.3 Å².